The third-order valence-corrected chi connectivity index (χ3v) is 4.82. The Morgan fingerprint density at radius 3 is 3.00 bits per heavy atom. The molecule has 12 heavy (non-hydrogen) atoms. The molecule has 0 amide bonds. The summed E-state index contributed by atoms with van der Waals surface area (Å²) in [4.78, 5) is 0. The van der Waals surface area contributed by atoms with E-state index in [-0.39, 0.29) is 0 Å². The van der Waals surface area contributed by atoms with Crippen molar-refractivity contribution in [3.63, 3.8) is 0 Å². The molecule has 1 heterocycles. The van der Waals surface area contributed by atoms with Gasteiger partial charge >= 0.3 is 0 Å². The van der Waals surface area contributed by atoms with E-state index in [1.807, 2.05) is 6.08 Å². The van der Waals surface area contributed by atoms with E-state index < -0.39 is 0 Å². The summed E-state index contributed by atoms with van der Waals surface area (Å²) in [6, 6.07) is 0.507. The zero-order valence-electron chi connectivity index (χ0n) is 7.58. The average Bonchev–Trinajstić information content (AvgIpc) is 2.15. The number of hydrogen-bond donors (Lipinski definition) is 1. The number of thioether (sulfide) groups is 2. The van der Waals surface area contributed by atoms with Gasteiger partial charge in [0.2, 0.25) is 0 Å². The topological polar surface area (TPSA) is 12.0 Å². The zero-order valence-corrected chi connectivity index (χ0v) is 9.22. The summed E-state index contributed by atoms with van der Waals surface area (Å²) in [5.74, 6) is 3.89. The zero-order chi connectivity index (χ0) is 8.81. The Bertz CT molecular complexity index is 132. The molecule has 0 spiro atoms. The van der Waals surface area contributed by atoms with E-state index in [1.165, 1.54) is 17.3 Å². The first-order chi connectivity index (χ1) is 5.88. The van der Waals surface area contributed by atoms with Crippen LogP contribution in [0.15, 0.2) is 12.7 Å². The highest BCUT2D eigenvalue weighted by atomic mass is 32.2. The highest BCUT2D eigenvalue weighted by Gasteiger charge is 2.20. The van der Waals surface area contributed by atoms with Crippen LogP contribution in [0.5, 0.6) is 0 Å². The van der Waals surface area contributed by atoms with Gasteiger partial charge in [-0.15, -0.1) is 6.58 Å². The Hall–Kier alpha value is 0.400. The van der Waals surface area contributed by atoms with Crippen LogP contribution in [0.4, 0.5) is 0 Å². The van der Waals surface area contributed by atoms with E-state index in [1.54, 1.807) is 0 Å². The van der Waals surface area contributed by atoms with Crippen LogP contribution in [0.1, 0.15) is 6.92 Å². The highest BCUT2D eigenvalue weighted by Crippen LogP contribution is 2.26. The lowest BCUT2D eigenvalue weighted by atomic mass is 10.2. The molecule has 0 aromatic rings. The first-order valence-corrected chi connectivity index (χ1v) is 6.64. The molecule has 0 aromatic carbocycles. The van der Waals surface area contributed by atoms with Gasteiger partial charge in [0.25, 0.3) is 0 Å². The molecule has 2 unspecified atom stereocenters. The third-order valence-electron chi connectivity index (χ3n) is 1.94. The normalized spacial score (nSPS) is 26.6. The maximum atomic E-state index is 3.87. The largest absolute Gasteiger partial charge is 0.310 e. The fourth-order valence-corrected chi connectivity index (χ4v) is 4.17. The molecule has 0 bridgehead atoms. The van der Waals surface area contributed by atoms with Crippen molar-refractivity contribution in [3.05, 3.63) is 12.7 Å². The van der Waals surface area contributed by atoms with Crippen molar-refractivity contribution in [1.29, 1.82) is 0 Å². The van der Waals surface area contributed by atoms with Gasteiger partial charge < -0.3 is 5.32 Å². The second-order valence-electron chi connectivity index (χ2n) is 2.80. The monoisotopic (exact) mass is 203 g/mol. The molecule has 0 aromatic heterocycles. The van der Waals surface area contributed by atoms with Crippen LogP contribution in [-0.4, -0.2) is 35.1 Å². The van der Waals surface area contributed by atoms with Crippen molar-refractivity contribution in [2.45, 2.75) is 18.2 Å². The van der Waals surface area contributed by atoms with Gasteiger partial charge in [0.15, 0.2) is 0 Å². The summed E-state index contributed by atoms with van der Waals surface area (Å²) in [6.45, 7) is 7.06. The maximum absolute atomic E-state index is 3.87. The minimum Gasteiger partial charge on any atom is -0.310 e. The predicted octanol–water partition coefficient (Wildman–Crippen LogP) is 2.00. The summed E-state index contributed by atoms with van der Waals surface area (Å²) >= 11 is 4.15. The highest BCUT2D eigenvalue weighted by molar-refractivity contribution is 8.06. The Balaban J connectivity index is 2.34. The quantitative estimate of drug-likeness (QED) is 0.702. The average molecular weight is 203 g/mol. The smallest absolute Gasteiger partial charge is 0.0375 e. The van der Waals surface area contributed by atoms with Crippen molar-refractivity contribution in [3.8, 4) is 0 Å². The molecule has 1 fully saturated rings. The van der Waals surface area contributed by atoms with Gasteiger partial charge in [0.1, 0.15) is 0 Å². The van der Waals surface area contributed by atoms with Crippen LogP contribution in [0, 0.1) is 0 Å². The van der Waals surface area contributed by atoms with Gasteiger partial charge in [-0.3, -0.25) is 0 Å². The minimum atomic E-state index is 0.507. The van der Waals surface area contributed by atoms with Crippen LogP contribution < -0.4 is 5.32 Å². The second kappa shape index (κ2) is 5.95. The first kappa shape index (κ1) is 10.5. The second-order valence-corrected chi connectivity index (χ2v) is 5.30. The van der Waals surface area contributed by atoms with E-state index in [0.29, 0.717) is 6.04 Å². The van der Waals surface area contributed by atoms with E-state index in [9.17, 15) is 0 Å². The number of likely N-dealkylation sites (N-methyl/N-ethyl adjacent to an activating group) is 1. The Morgan fingerprint density at radius 2 is 2.50 bits per heavy atom. The lowest BCUT2D eigenvalue weighted by molar-refractivity contribution is 0.613. The molecule has 1 nitrogen and oxygen atoms in total. The molecule has 1 saturated heterocycles. The third kappa shape index (κ3) is 3.04. The molecule has 0 radical (unpaired) electrons. The number of nitrogens with one attached hydrogen (secondary N) is 1. The van der Waals surface area contributed by atoms with Crippen LogP contribution in [0.3, 0.4) is 0 Å². The molecule has 1 aliphatic rings. The summed E-state index contributed by atoms with van der Waals surface area (Å²) in [6.07, 6.45) is 2.05. The van der Waals surface area contributed by atoms with Gasteiger partial charge in [-0.2, -0.15) is 23.5 Å². The molecule has 2 atom stereocenters. The van der Waals surface area contributed by atoms with Crippen LogP contribution in [-0.2, 0) is 0 Å². The Kier molecular flexibility index (Phi) is 5.19. The van der Waals surface area contributed by atoms with Crippen molar-refractivity contribution in [2.24, 2.45) is 0 Å². The lowest BCUT2D eigenvalue weighted by Crippen LogP contribution is -2.39. The summed E-state index contributed by atoms with van der Waals surface area (Å²) < 4.78 is 0. The van der Waals surface area contributed by atoms with Gasteiger partial charge in [-0.25, -0.2) is 0 Å². The van der Waals surface area contributed by atoms with Gasteiger partial charge in [-0.1, -0.05) is 13.0 Å². The van der Waals surface area contributed by atoms with E-state index in [2.05, 4.69) is 42.3 Å². The van der Waals surface area contributed by atoms with E-state index in [0.717, 1.165) is 11.8 Å². The molecular weight excluding hydrogens is 186 g/mol. The molecule has 3 heteroatoms. The maximum Gasteiger partial charge on any atom is 0.0375 e. The number of rotatable bonds is 4. The van der Waals surface area contributed by atoms with E-state index >= 15 is 0 Å². The van der Waals surface area contributed by atoms with Gasteiger partial charge in [0.05, 0.1) is 0 Å². The molecule has 70 valence electrons. The summed E-state index contributed by atoms with van der Waals surface area (Å²) in [5.41, 5.74) is 0. The molecule has 1 rings (SSSR count). The van der Waals surface area contributed by atoms with Crippen molar-refractivity contribution in [1.82, 2.24) is 5.32 Å². The van der Waals surface area contributed by atoms with Crippen molar-refractivity contribution >= 4 is 23.5 Å². The summed E-state index contributed by atoms with van der Waals surface area (Å²) in [7, 11) is 0. The fraction of sp³-hybridized carbons (Fsp3) is 0.778. The molecule has 1 N–H and O–H groups in total. The standard InChI is InChI=1S/C9H17NS2/c1-3-8(10-4-2)9-7-11-5-6-12-9/h3,8-10H,1,4-7H2,2H3. The molecule has 1 aliphatic heterocycles. The Labute approximate surface area is 83.8 Å². The van der Waals surface area contributed by atoms with Crippen molar-refractivity contribution < 1.29 is 0 Å². The van der Waals surface area contributed by atoms with E-state index in [4.69, 9.17) is 0 Å². The molecule has 0 aliphatic carbocycles. The fourth-order valence-electron chi connectivity index (χ4n) is 1.32. The Morgan fingerprint density at radius 1 is 1.67 bits per heavy atom. The van der Waals surface area contributed by atoms with Gasteiger partial charge in [0, 0.05) is 28.6 Å². The summed E-state index contributed by atoms with van der Waals surface area (Å²) in [5, 5.41) is 4.19. The SMILES string of the molecule is C=CC(NCC)C1CSCCS1. The molecular formula is C9H17NS2. The number of hydrogen-bond acceptors (Lipinski definition) is 3. The van der Waals surface area contributed by atoms with Crippen LogP contribution in [0.25, 0.3) is 0 Å². The van der Waals surface area contributed by atoms with Crippen LogP contribution >= 0.6 is 23.5 Å². The van der Waals surface area contributed by atoms with Crippen molar-refractivity contribution in [2.75, 3.05) is 23.8 Å². The first-order valence-electron chi connectivity index (χ1n) is 4.43. The lowest BCUT2D eigenvalue weighted by Gasteiger charge is -2.27. The van der Waals surface area contributed by atoms with Crippen LogP contribution in [0.2, 0.25) is 0 Å². The van der Waals surface area contributed by atoms with Gasteiger partial charge in [-0.05, 0) is 6.54 Å². The predicted molar refractivity (Wildman–Crippen MR) is 61.2 cm³/mol. The molecule has 0 saturated carbocycles. The minimum absolute atomic E-state index is 0.507.